The van der Waals surface area contributed by atoms with Gasteiger partial charge in [-0.25, -0.2) is 4.79 Å². The number of carbonyl (C=O) groups is 2. The molecular weight excluding hydrogens is 270 g/mol. The molecule has 0 aliphatic rings. The molecule has 0 aliphatic carbocycles. The van der Waals surface area contributed by atoms with E-state index in [0.29, 0.717) is 6.54 Å². The first kappa shape index (κ1) is 16.9. The fourth-order valence-electron chi connectivity index (χ4n) is 1.81. The lowest BCUT2D eigenvalue weighted by Crippen LogP contribution is -2.49. The van der Waals surface area contributed by atoms with Crippen LogP contribution in [0.25, 0.3) is 0 Å². The van der Waals surface area contributed by atoms with Gasteiger partial charge in [0, 0.05) is 19.3 Å². The van der Waals surface area contributed by atoms with E-state index in [1.54, 1.807) is 13.2 Å². The molecule has 0 aliphatic heterocycles. The third kappa shape index (κ3) is 5.81. The zero-order chi connectivity index (χ0) is 16.0. The molecule has 0 spiro atoms. The predicted molar refractivity (Wildman–Crippen MR) is 79.7 cm³/mol. The minimum absolute atomic E-state index is 0.104. The van der Waals surface area contributed by atoms with Crippen molar-refractivity contribution in [3.63, 3.8) is 0 Å². The highest BCUT2D eigenvalue weighted by atomic mass is 16.4. The molecule has 0 radical (unpaired) electrons. The molecule has 0 saturated carbocycles. The van der Waals surface area contributed by atoms with E-state index in [1.807, 2.05) is 39.0 Å². The van der Waals surface area contributed by atoms with E-state index < -0.39 is 12.0 Å². The summed E-state index contributed by atoms with van der Waals surface area (Å²) in [5.74, 6) is -0.928. The van der Waals surface area contributed by atoms with Crippen molar-refractivity contribution >= 4 is 12.0 Å². The second kappa shape index (κ2) is 7.06. The Morgan fingerprint density at radius 3 is 2.52 bits per heavy atom. The summed E-state index contributed by atoms with van der Waals surface area (Å²) in [6.07, 6.45) is 1.57. The van der Waals surface area contributed by atoms with E-state index in [9.17, 15) is 9.59 Å². The molecule has 1 heterocycles. The molecule has 0 bridgehead atoms. The van der Waals surface area contributed by atoms with Crippen LogP contribution < -0.4 is 5.32 Å². The Labute approximate surface area is 125 Å². The maximum absolute atomic E-state index is 12.2. The third-order valence-electron chi connectivity index (χ3n) is 3.19. The number of hydrogen-bond acceptors (Lipinski definition) is 3. The number of rotatable bonds is 5. The second-order valence-electron chi connectivity index (χ2n) is 6.14. The number of urea groups is 1. The molecule has 0 fully saturated rings. The van der Waals surface area contributed by atoms with Crippen LogP contribution in [0, 0.1) is 5.41 Å². The van der Waals surface area contributed by atoms with E-state index in [2.05, 4.69) is 10.3 Å². The number of nitrogens with one attached hydrogen (secondary N) is 1. The number of amides is 2. The van der Waals surface area contributed by atoms with Gasteiger partial charge < -0.3 is 15.3 Å². The average Bonchev–Trinajstić information content (AvgIpc) is 2.37. The number of nitrogens with zero attached hydrogens (tertiary/aromatic N) is 2. The number of hydrogen-bond donors (Lipinski definition) is 2. The van der Waals surface area contributed by atoms with Gasteiger partial charge in [0.05, 0.1) is 18.7 Å². The largest absolute Gasteiger partial charge is 0.481 e. The molecule has 1 aromatic heterocycles. The monoisotopic (exact) mass is 293 g/mol. The highest BCUT2D eigenvalue weighted by Crippen LogP contribution is 2.22. The number of carboxylic acid groups (broad SMARTS) is 1. The Morgan fingerprint density at radius 2 is 2.05 bits per heavy atom. The van der Waals surface area contributed by atoms with Crippen LogP contribution in [-0.2, 0) is 11.3 Å². The van der Waals surface area contributed by atoms with Crippen molar-refractivity contribution in [2.24, 2.45) is 5.41 Å². The minimum atomic E-state index is -0.928. The van der Waals surface area contributed by atoms with Crippen molar-refractivity contribution < 1.29 is 14.7 Å². The van der Waals surface area contributed by atoms with Crippen molar-refractivity contribution in [1.29, 1.82) is 0 Å². The van der Waals surface area contributed by atoms with Gasteiger partial charge in [-0.3, -0.25) is 9.78 Å². The molecule has 0 aromatic carbocycles. The zero-order valence-corrected chi connectivity index (χ0v) is 13.0. The van der Waals surface area contributed by atoms with Crippen LogP contribution in [-0.4, -0.2) is 40.1 Å². The van der Waals surface area contributed by atoms with E-state index >= 15 is 0 Å². The van der Waals surface area contributed by atoms with Gasteiger partial charge in [0.2, 0.25) is 0 Å². The zero-order valence-electron chi connectivity index (χ0n) is 13.0. The number of aromatic nitrogens is 1. The average molecular weight is 293 g/mol. The SMILES string of the molecule is CN(Cc1ccccn1)C(=O)NC(CC(=O)O)C(C)(C)C. The first-order valence-electron chi connectivity index (χ1n) is 6.83. The molecule has 2 amide bonds. The maximum atomic E-state index is 12.2. The molecule has 0 saturated heterocycles. The Bertz CT molecular complexity index is 483. The van der Waals surface area contributed by atoms with Crippen molar-refractivity contribution in [3.8, 4) is 0 Å². The van der Waals surface area contributed by atoms with Gasteiger partial charge >= 0.3 is 12.0 Å². The molecule has 1 atom stereocenters. The summed E-state index contributed by atoms with van der Waals surface area (Å²) in [6.45, 7) is 6.08. The van der Waals surface area contributed by atoms with Crippen LogP contribution in [0.4, 0.5) is 4.79 Å². The Kier molecular flexibility index (Phi) is 5.69. The second-order valence-corrected chi connectivity index (χ2v) is 6.14. The van der Waals surface area contributed by atoms with Crippen LogP contribution in [0.1, 0.15) is 32.9 Å². The lowest BCUT2D eigenvalue weighted by atomic mass is 9.85. The van der Waals surface area contributed by atoms with Crippen LogP contribution in [0.3, 0.4) is 0 Å². The first-order chi connectivity index (χ1) is 9.70. The lowest BCUT2D eigenvalue weighted by molar-refractivity contribution is -0.138. The van der Waals surface area contributed by atoms with E-state index in [0.717, 1.165) is 5.69 Å². The van der Waals surface area contributed by atoms with E-state index in [-0.39, 0.29) is 17.9 Å². The standard InChI is InChI=1S/C15H23N3O3/c1-15(2,3)12(9-13(19)20)17-14(21)18(4)10-11-7-5-6-8-16-11/h5-8,12H,9-10H2,1-4H3,(H,17,21)(H,19,20). The molecule has 6 heteroatoms. The van der Waals surface area contributed by atoms with E-state index in [4.69, 9.17) is 5.11 Å². The summed E-state index contributed by atoms with van der Waals surface area (Å²) in [7, 11) is 1.66. The molecule has 1 aromatic rings. The fraction of sp³-hybridized carbons (Fsp3) is 0.533. The van der Waals surface area contributed by atoms with E-state index in [1.165, 1.54) is 4.90 Å². The summed E-state index contributed by atoms with van der Waals surface area (Å²) < 4.78 is 0. The smallest absolute Gasteiger partial charge is 0.317 e. The quantitative estimate of drug-likeness (QED) is 0.871. The molecular formula is C15H23N3O3. The summed E-state index contributed by atoms with van der Waals surface area (Å²) in [4.78, 5) is 28.8. The maximum Gasteiger partial charge on any atom is 0.317 e. The summed E-state index contributed by atoms with van der Waals surface area (Å²) in [5, 5.41) is 11.7. The van der Waals surface area contributed by atoms with Crippen LogP contribution in [0.2, 0.25) is 0 Å². The normalized spacial score (nSPS) is 12.6. The number of pyridine rings is 1. The number of carbonyl (C=O) groups excluding carboxylic acids is 1. The van der Waals surface area contributed by atoms with Crippen LogP contribution in [0.15, 0.2) is 24.4 Å². The fourth-order valence-corrected chi connectivity index (χ4v) is 1.81. The van der Waals surface area contributed by atoms with Crippen LogP contribution >= 0.6 is 0 Å². The topological polar surface area (TPSA) is 82.5 Å². The lowest BCUT2D eigenvalue weighted by Gasteiger charge is -2.32. The van der Waals surface area contributed by atoms with Gasteiger partial charge in [0.25, 0.3) is 0 Å². The summed E-state index contributed by atoms with van der Waals surface area (Å²) >= 11 is 0. The van der Waals surface area contributed by atoms with Gasteiger partial charge in [-0.1, -0.05) is 26.8 Å². The van der Waals surface area contributed by atoms with Crippen molar-refractivity contribution in [2.45, 2.75) is 39.8 Å². The van der Waals surface area contributed by atoms with Gasteiger partial charge in [0.1, 0.15) is 0 Å². The Hall–Kier alpha value is -2.11. The molecule has 116 valence electrons. The van der Waals surface area contributed by atoms with Crippen molar-refractivity contribution in [1.82, 2.24) is 15.2 Å². The molecule has 1 unspecified atom stereocenters. The van der Waals surface area contributed by atoms with Crippen molar-refractivity contribution in [2.75, 3.05) is 7.05 Å². The summed E-state index contributed by atoms with van der Waals surface area (Å²) in [5.41, 5.74) is 0.445. The van der Waals surface area contributed by atoms with Gasteiger partial charge in [-0.05, 0) is 17.5 Å². The summed E-state index contributed by atoms with van der Waals surface area (Å²) in [6, 6.07) is 4.76. The molecule has 6 nitrogen and oxygen atoms in total. The first-order valence-corrected chi connectivity index (χ1v) is 6.83. The van der Waals surface area contributed by atoms with Gasteiger partial charge in [0.15, 0.2) is 0 Å². The molecule has 21 heavy (non-hydrogen) atoms. The highest BCUT2D eigenvalue weighted by Gasteiger charge is 2.29. The number of aliphatic carboxylic acids is 1. The van der Waals surface area contributed by atoms with Crippen LogP contribution in [0.5, 0.6) is 0 Å². The highest BCUT2D eigenvalue weighted by molar-refractivity contribution is 5.75. The number of carboxylic acids is 1. The molecule has 2 N–H and O–H groups in total. The molecule has 1 rings (SSSR count). The Balaban J connectivity index is 2.66. The van der Waals surface area contributed by atoms with Gasteiger partial charge in [-0.2, -0.15) is 0 Å². The third-order valence-corrected chi connectivity index (χ3v) is 3.19. The van der Waals surface area contributed by atoms with Crippen molar-refractivity contribution in [3.05, 3.63) is 30.1 Å². The minimum Gasteiger partial charge on any atom is -0.481 e. The predicted octanol–water partition coefficient (Wildman–Crippen LogP) is 2.11. The Morgan fingerprint density at radius 1 is 1.38 bits per heavy atom. The van der Waals surface area contributed by atoms with Gasteiger partial charge in [-0.15, -0.1) is 0 Å².